The van der Waals surface area contributed by atoms with Crippen molar-refractivity contribution in [2.45, 2.75) is 45.1 Å². The second-order valence-electron chi connectivity index (χ2n) is 4.41. The van der Waals surface area contributed by atoms with Crippen molar-refractivity contribution < 1.29 is 5.11 Å². The summed E-state index contributed by atoms with van der Waals surface area (Å²) in [6.07, 6.45) is 9.36. The molecule has 0 aliphatic heterocycles. The topological polar surface area (TPSA) is 50.9 Å². The SMILES string of the molecule is OCCc1cn(CC2CCCCC2)nn1. The Morgan fingerprint density at radius 2 is 2.13 bits per heavy atom. The first-order chi connectivity index (χ1) is 7.38. The number of aliphatic hydroxyl groups excluding tert-OH is 1. The molecule has 1 N–H and O–H groups in total. The van der Waals surface area contributed by atoms with Crippen LogP contribution in [0.25, 0.3) is 0 Å². The summed E-state index contributed by atoms with van der Waals surface area (Å²) in [5.74, 6) is 0.780. The molecule has 0 aromatic carbocycles. The molecule has 1 aliphatic rings. The molecule has 0 amide bonds. The highest BCUT2D eigenvalue weighted by atomic mass is 16.3. The van der Waals surface area contributed by atoms with Crippen LogP contribution in [0.1, 0.15) is 37.8 Å². The van der Waals surface area contributed by atoms with Gasteiger partial charge in [0.1, 0.15) is 0 Å². The van der Waals surface area contributed by atoms with E-state index < -0.39 is 0 Å². The second kappa shape index (κ2) is 5.26. The first-order valence-corrected chi connectivity index (χ1v) is 5.88. The molecule has 0 atom stereocenters. The molecule has 4 nitrogen and oxygen atoms in total. The largest absolute Gasteiger partial charge is 0.396 e. The van der Waals surface area contributed by atoms with Gasteiger partial charge in [0.25, 0.3) is 0 Å². The van der Waals surface area contributed by atoms with Crippen LogP contribution in [0.4, 0.5) is 0 Å². The van der Waals surface area contributed by atoms with Crippen LogP contribution in [0.5, 0.6) is 0 Å². The maximum absolute atomic E-state index is 8.77. The molecule has 1 heterocycles. The molecule has 0 spiro atoms. The molecule has 0 radical (unpaired) electrons. The van der Waals surface area contributed by atoms with E-state index in [0.29, 0.717) is 6.42 Å². The van der Waals surface area contributed by atoms with Gasteiger partial charge in [-0.1, -0.05) is 24.5 Å². The smallest absolute Gasteiger partial charge is 0.0849 e. The number of nitrogens with zero attached hydrogens (tertiary/aromatic N) is 3. The Kier molecular flexibility index (Phi) is 3.72. The average molecular weight is 209 g/mol. The van der Waals surface area contributed by atoms with E-state index in [1.54, 1.807) is 0 Å². The molecule has 1 aromatic rings. The van der Waals surface area contributed by atoms with Gasteiger partial charge in [-0.3, -0.25) is 4.68 Å². The van der Waals surface area contributed by atoms with Gasteiger partial charge in [-0.05, 0) is 18.8 Å². The molecule has 15 heavy (non-hydrogen) atoms. The maximum Gasteiger partial charge on any atom is 0.0849 e. The van der Waals surface area contributed by atoms with Crippen molar-refractivity contribution >= 4 is 0 Å². The molecule has 4 heteroatoms. The van der Waals surface area contributed by atoms with Gasteiger partial charge in [-0.2, -0.15) is 0 Å². The van der Waals surface area contributed by atoms with Gasteiger partial charge in [-0.25, -0.2) is 0 Å². The van der Waals surface area contributed by atoms with Gasteiger partial charge < -0.3 is 5.11 Å². The van der Waals surface area contributed by atoms with Crippen LogP contribution in [0.15, 0.2) is 6.20 Å². The lowest BCUT2D eigenvalue weighted by molar-refractivity contribution is 0.298. The van der Waals surface area contributed by atoms with Gasteiger partial charge in [0.2, 0.25) is 0 Å². The summed E-state index contributed by atoms with van der Waals surface area (Å²) < 4.78 is 1.93. The Morgan fingerprint density at radius 3 is 2.87 bits per heavy atom. The highest BCUT2D eigenvalue weighted by Gasteiger charge is 2.14. The van der Waals surface area contributed by atoms with Gasteiger partial charge in [0.05, 0.1) is 5.69 Å². The first-order valence-electron chi connectivity index (χ1n) is 5.88. The lowest BCUT2D eigenvalue weighted by Gasteiger charge is -2.20. The van der Waals surface area contributed by atoms with E-state index in [1.807, 2.05) is 10.9 Å². The number of aliphatic hydroxyl groups is 1. The van der Waals surface area contributed by atoms with E-state index in [4.69, 9.17) is 5.11 Å². The average Bonchev–Trinajstić information content (AvgIpc) is 2.68. The molecule has 0 unspecified atom stereocenters. The number of aromatic nitrogens is 3. The minimum absolute atomic E-state index is 0.155. The summed E-state index contributed by atoms with van der Waals surface area (Å²) in [5.41, 5.74) is 0.897. The normalized spacial score (nSPS) is 18.2. The fourth-order valence-corrected chi connectivity index (χ4v) is 2.29. The van der Waals surface area contributed by atoms with E-state index in [2.05, 4.69) is 10.3 Å². The zero-order valence-electron chi connectivity index (χ0n) is 9.10. The summed E-state index contributed by atoms with van der Waals surface area (Å²) >= 11 is 0. The molecule has 0 saturated heterocycles. The van der Waals surface area contributed by atoms with Crippen molar-refractivity contribution in [2.75, 3.05) is 6.61 Å². The Labute approximate surface area is 90.3 Å². The molecule has 1 saturated carbocycles. The lowest BCUT2D eigenvalue weighted by Crippen LogP contribution is -2.14. The quantitative estimate of drug-likeness (QED) is 0.815. The first kappa shape index (κ1) is 10.6. The summed E-state index contributed by atoms with van der Waals surface area (Å²) in [5, 5.41) is 16.9. The molecule has 1 aromatic heterocycles. The summed E-state index contributed by atoms with van der Waals surface area (Å²) in [4.78, 5) is 0. The summed E-state index contributed by atoms with van der Waals surface area (Å²) in [6, 6.07) is 0. The lowest BCUT2D eigenvalue weighted by atomic mass is 9.89. The Bertz CT molecular complexity index is 292. The zero-order chi connectivity index (χ0) is 10.5. The number of hydrogen-bond acceptors (Lipinski definition) is 3. The van der Waals surface area contributed by atoms with E-state index in [1.165, 1.54) is 32.1 Å². The predicted molar refractivity (Wildman–Crippen MR) is 57.4 cm³/mol. The maximum atomic E-state index is 8.77. The van der Waals surface area contributed by atoms with Crippen LogP contribution in [-0.2, 0) is 13.0 Å². The second-order valence-corrected chi connectivity index (χ2v) is 4.41. The predicted octanol–water partition coefficient (Wildman–Crippen LogP) is 1.39. The Balaban J connectivity index is 1.86. The van der Waals surface area contributed by atoms with Crippen molar-refractivity contribution in [2.24, 2.45) is 5.92 Å². The highest BCUT2D eigenvalue weighted by Crippen LogP contribution is 2.24. The molecule has 1 fully saturated rings. The van der Waals surface area contributed by atoms with Crippen molar-refractivity contribution in [3.8, 4) is 0 Å². The number of hydrogen-bond donors (Lipinski definition) is 1. The third-order valence-electron chi connectivity index (χ3n) is 3.12. The fourth-order valence-electron chi connectivity index (χ4n) is 2.29. The molecular weight excluding hydrogens is 190 g/mol. The Hall–Kier alpha value is -0.900. The third kappa shape index (κ3) is 3.02. The molecular formula is C11H19N3O. The highest BCUT2D eigenvalue weighted by molar-refractivity contribution is 4.92. The fraction of sp³-hybridized carbons (Fsp3) is 0.818. The van der Waals surface area contributed by atoms with Crippen LogP contribution in [-0.4, -0.2) is 26.7 Å². The molecule has 2 rings (SSSR count). The van der Waals surface area contributed by atoms with Crippen LogP contribution in [0.2, 0.25) is 0 Å². The van der Waals surface area contributed by atoms with Crippen LogP contribution in [0, 0.1) is 5.92 Å². The van der Waals surface area contributed by atoms with Crippen LogP contribution in [0.3, 0.4) is 0 Å². The van der Waals surface area contributed by atoms with Crippen molar-refractivity contribution in [3.05, 3.63) is 11.9 Å². The monoisotopic (exact) mass is 209 g/mol. The van der Waals surface area contributed by atoms with Gasteiger partial charge in [0.15, 0.2) is 0 Å². The standard InChI is InChI=1S/C11H19N3O/c15-7-6-11-9-14(13-12-11)8-10-4-2-1-3-5-10/h9-10,15H,1-8H2. The van der Waals surface area contributed by atoms with Gasteiger partial charge in [0, 0.05) is 25.8 Å². The summed E-state index contributed by atoms with van der Waals surface area (Å²) in [7, 11) is 0. The van der Waals surface area contributed by atoms with Gasteiger partial charge in [-0.15, -0.1) is 5.10 Å². The van der Waals surface area contributed by atoms with Crippen LogP contribution < -0.4 is 0 Å². The Morgan fingerprint density at radius 1 is 1.33 bits per heavy atom. The third-order valence-corrected chi connectivity index (χ3v) is 3.12. The zero-order valence-corrected chi connectivity index (χ0v) is 9.10. The van der Waals surface area contributed by atoms with Crippen molar-refractivity contribution in [3.63, 3.8) is 0 Å². The molecule has 84 valence electrons. The van der Waals surface area contributed by atoms with Crippen LogP contribution >= 0.6 is 0 Å². The van der Waals surface area contributed by atoms with E-state index >= 15 is 0 Å². The molecule has 0 bridgehead atoms. The molecule has 1 aliphatic carbocycles. The van der Waals surface area contributed by atoms with E-state index in [-0.39, 0.29) is 6.61 Å². The van der Waals surface area contributed by atoms with Gasteiger partial charge >= 0.3 is 0 Å². The van der Waals surface area contributed by atoms with Crippen molar-refractivity contribution in [1.29, 1.82) is 0 Å². The van der Waals surface area contributed by atoms with Crippen molar-refractivity contribution in [1.82, 2.24) is 15.0 Å². The van der Waals surface area contributed by atoms with E-state index in [0.717, 1.165) is 18.2 Å². The van der Waals surface area contributed by atoms with E-state index in [9.17, 15) is 0 Å². The number of rotatable bonds is 4. The minimum atomic E-state index is 0.155. The minimum Gasteiger partial charge on any atom is -0.396 e. The summed E-state index contributed by atoms with van der Waals surface area (Å²) in [6.45, 7) is 1.15.